The Morgan fingerprint density at radius 3 is 2.59 bits per heavy atom. The van der Waals surface area contributed by atoms with E-state index >= 15 is 0 Å². The van der Waals surface area contributed by atoms with E-state index in [0.29, 0.717) is 5.95 Å². The van der Waals surface area contributed by atoms with Gasteiger partial charge in [0.2, 0.25) is 5.95 Å². The van der Waals surface area contributed by atoms with Crippen molar-refractivity contribution >= 4 is 11.6 Å². The highest BCUT2D eigenvalue weighted by molar-refractivity contribution is 5.64. The Morgan fingerprint density at radius 1 is 1.06 bits per heavy atom. The van der Waals surface area contributed by atoms with Crippen LogP contribution in [0.2, 0.25) is 0 Å². The highest BCUT2D eigenvalue weighted by atomic mass is 16.5. The Hall–Kier alpha value is -3.32. The number of methoxy groups -OCH3 is 1. The van der Waals surface area contributed by atoms with Crippen LogP contribution in [0.15, 0.2) is 66.1 Å². The van der Waals surface area contributed by atoms with E-state index in [1.807, 2.05) is 66.1 Å². The lowest BCUT2D eigenvalue weighted by Crippen LogP contribution is -2.32. The number of nitrogens with one attached hydrogen (secondary N) is 1. The minimum Gasteiger partial charge on any atom is -0.497 e. The van der Waals surface area contributed by atoms with Gasteiger partial charge >= 0.3 is 0 Å². The average molecular weight is 462 g/mol. The highest BCUT2D eigenvalue weighted by Crippen LogP contribution is 2.23. The summed E-state index contributed by atoms with van der Waals surface area (Å²) in [6.45, 7) is 8.26. The van der Waals surface area contributed by atoms with E-state index < -0.39 is 0 Å². The summed E-state index contributed by atoms with van der Waals surface area (Å²) in [6.07, 6.45) is 8.90. The van der Waals surface area contributed by atoms with E-state index in [0.717, 1.165) is 53.7 Å². The largest absolute Gasteiger partial charge is 0.497 e. The van der Waals surface area contributed by atoms with Crippen LogP contribution in [-0.4, -0.2) is 52.8 Å². The molecule has 3 aromatic rings. The van der Waals surface area contributed by atoms with Crippen molar-refractivity contribution in [3.05, 3.63) is 66.1 Å². The molecule has 0 atom stereocenters. The maximum atomic E-state index is 6.03. The van der Waals surface area contributed by atoms with Gasteiger partial charge in [-0.25, -0.2) is 4.52 Å². The van der Waals surface area contributed by atoms with Crippen LogP contribution in [0.1, 0.15) is 39.5 Å². The Kier molecular flexibility index (Phi) is 8.20. The van der Waals surface area contributed by atoms with Crippen molar-refractivity contribution in [2.24, 2.45) is 0 Å². The normalized spacial score (nSPS) is 15.5. The summed E-state index contributed by atoms with van der Waals surface area (Å²) in [7, 11) is 1.67. The molecule has 0 spiro atoms. The number of aromatic nitrogens is 3. The Balaban J connectivity index is 1.40. The highest BCUT2D eigenvalue weighted by Gasteiger charge is 2.10. The second kappa shape index (κ2) is 11.7. The molecule has 1 aliphatic rings. The number of ether oxygens (including phenoxy) is 2. The molecule has 1 saturated heterocycles. The second-order valence-electron chi connectivity index (χ2n) is 8.56. The van der Waals surface area contributed by atoms with E-state index in [2.05, 4.69) is 27.2 Å². The fourth-order valence-electron chi connectivity index (χ4n) is 4.13. The summed E-state index contributed by atoms with van der Waals surface area (Å²) in [4.78, 5) is 7.13. The molecule has 4 rings (SSSR count). The summed E-state index contributed by atoms with van der Waals surface area (Å²) in [5, 5.41) is 7.99. The van der Waals surface area contributed by atoms with Crippen LogP contribution >= 0.6 is 0 Å². The third-order valence-electron chi connectivity index (χ3n) is 6.07. The quantitative estimate of drug-likeness (QED) is 0.317. The van der Waals surface area contributed by atoms with Crippen LogP contribution in [0.4, 0.5) is 5.95 Å². The lowest BCUT2D eigenvalue weighted by Gasteiger charge is -2.26. The predicted octanol–water partition coefficient (Wildman–Crippen LogP) is 5.52. The molecule has 0 unspecified atom stereocenters. The standard InChI is InChI=1S/C27H35N5O2/c1-4-23(34-20-19-31-17-6-5-7-18-31)14-11-21(2)28-27-29-26-10-8-9-25(32(26)30-27)22-12-15-24(33-3)16-13-22/h8-16H,4-7,17-20H2,1-3H3,(H,28,30)/b21-11+,23-14+. The van der Waals surface area contributed by atoms with E-state index in [4.69, 9.17) is 9.47 Å². The van der Waals surface area contributed by atoms with Crippen LogP contribution in [0.3, 0.4) is 0 Å². The molecular weight excluding hydrogens is 426 g/mol. The number of fused-ring (bicyclic) bond motifs is 1. The van der Waals surface area contributed by atoms with Gasteiger partial charge in [0.15, 0.2) is 5.65 Å². The molecule has 1 fully saturated rings. The molecule has 1 N–H and O–H groups in total. The number of pyridine rings is 1. The smallest absolute Gasteiger partial charge is 0.247 e. The molecule has 3 heterocycles. The first kappa shape index (κ1) is 23.8. The Bertz CT molecular complexity index is 1130. The topological polar surface area (TPSA) is 63.9 Å². The number of piperidine rings is 1. The third-order valence-corrected chi connectivity index (χ3v) is 6.07. The predicted molar refractivity (Wildman–Crippen MR) is 137 cm³/mol. The van der Waals surface area contributed by atoms with Crippen molar-refractivity contribution in [2.75, 3.05) is 38.7 Å². The fraction of sp³-hybridized carbons (Fsp3) is 0.407. The number of nitrogens with zero attached hydrogens (tertiary/aromatic N) is 4. The van der Waals surface area contributed by atoms with E-state index in [9.17, 15) is 0 Å². The molecule has 7 nitrogen and oxygen atoms in total. The Morgan fingerprint density at radius 2 is 1.85 bits per heavy atom. The van der Waals surface area contributed by atoms with Crippen molar-refractivity contribution in [1.29, 1.82) is 0 Å². The van der Waals surface area contributed by atoms with Gasteiger partial charge in [0.1, 0.15) is 12.4 Å². The van der Waals surface area contributed by atoms with Gasteiger partial charge in [-0.15, -0.1) is 5.10 Å². The first-order valence-electron chi connectivity index (χ1n) is 12.2. The number of likely N-dealkylation sites (tertiary alicyclic amines) is 1. The first-order chi connectivity index (χ1) is 16.7. The molecule has 1 aromatic carbocycles. The Labute approximate surface area is 202 Å². The number of allylic oxidation sites excluding steroid dienone is 4. The van der Waals surface area contributed by atoms with Gasteiger partial charge in [0.25, 0.3) is 0 Å². The molecule has 1 aliphatic heterocycles. The summed E-state index contributed by atoms with van der Waals surface area (Å²) in [6, 6.07) is 13.9. The molecule has 0 saturated carbocycles. The van der Waals surface area contributed by atoms with Gasteiger partial charge in [-0.05, 0) is 81.4 Å². The van der Waals surface area contributed by atoms with Crippen LogP contribution in [-0.2, 0) is 4.74 Å². The summed E-state index contributed by atoms with van der Waals surface area (Å²) in [5.41, 5.74) is 3.76. The van der Waals surface area contributed by atoms with E-state index in [-0.39, 0.29) is 0 Å². The van der Waals surface area contributed by atoms with Crippen molar-refractivity contribution in [1.82, 2.24) is 19.5 Å². The maximum Gasteiger partial charge on any atom is 0.247 e. The number of anilines is 1. The molecule has 180 valence electrons. The summed E-state index contributed by atoms with van der Waals surface area (Å²) in [5.74, 6) is 2.38. The number of hydrogen-bond donors (Lipinski definition) is 1. The van der Waals surface area contributed by atoms with Crippen LogP contribution in [0.5, 0.6) is 5.75 Å². The average Bonchev–Trinajstić information content (AvgIpc) is 3.29. The minimum absolute atomic E-state index is 0.562. The van der Waals surface area contributed by atoms with Gasteiger partial charge in [-0.3, -0.25) is 4.90 Å². The zero-order valence-corrected chi connectivity index (χ0v) is 20.5. The number of benzene rings is 1. The SMILES string of the molecule is CC/C(=C\C=C(/C)Nc1nc2cccc(-c3ccc(OC)cc3)n2n1)OCCN1CCCCC1. The lowest BCUT2D eigenvalue weighted by molar-refractivity contribution is 0.139. The van der Waals surface area contributed by atoms with Gasteiger partial charge in [-0.2, -0.15) is 4.98 Å². The fourth-order valence-corrected chi connectivity index (χ4v) is 4.13. The lowest BCUT2D eigenvalue weighted by atomic mass is 10.1. The molecule has 2 aromatic heterocycles. The van der Waals surface area contributed by atoms with Crippen molar-refractivity contribution in [3.63, 3.8) is 0 Å². The molecule has 7 heteroatoms. The zero-order valence-electron chi connectivity index (χ0n) is 20.5. The van der Waals surface area contributed by atoms with Crippen molar-refractivity contribution < 1.29 is 9.47 Å². The van der Waals surface area contributed by atoms with Crippen LogP contribution in [0.25, 0.3) is 16.9 Å². The molecule has 34 heavy (non-hydrogen) atoms. The molecule has 0 amide bonds. The van der Waals surface area contributed by atoms with Gasteiger partial charge < -0.3 is 14.8 Å². The monoisotopic (exact) mass is 461 g/mol. The summed E-state index contributed by atoms with van der Waals surface area (Å²) < 4.78 is 13.2. The van der Waals surface area contributed by atoms with Gasteiger partial charge in [-0.1, -0.05) is 19.4 Å². The molecule has 0 radical (unpaired) electrons. The first-order valence-corrected chi connectivity index (χ1v) is 12.2. The minimum atomic E-state index is 0.562. The second-order valence-corrected chi connectivity index (χ2v) is 8.56. The van der Waals surface area contributed by atoms with Crippen molar-refractivity contribution in [2.45, 2.75) is 39.5 Å². The van der Waals surface area contributed by atoms with E-state index in [1.54, 1.807) is 7.11 Å². The van der Waals surface area contributed by atoms with Gasteiger partial charge in [0, 0.05) is 24.2 Å². The van der Waals surface area contributed by atoms with Gasteiger partial charge in [0.05, 0.1) is 18.6 Å². The van der Waals surface area contributed by atoms with Crippen LogP contribution < -0.4 is 10.1 Å². The third kappa shape index (κ3) is 6.17. The van der Waals surface area contributed by atoms with Crippen molar-refractivity contribution in [3.8, 4) is 17.0 Å². The molecule has 0 aliphatic carbocycles. The maximum absolute atomic E-state index is 6.03. The van der Waals surface area contributed by atoms with E-state index in [1.165, 1.54) is 32.4 Å². The van der Waals surface area contributed by atoms with Crippen LogP contribution in [0, 0.1) is 0 Å². The summed E-state index contributed by atoms with van der Waals surface area (Å²) >= 11 is 0. The molecule has 0 bridgehead atoms. The number of hydrogen-bond acceptors (Lipinski definition) is 6. The molecular formula is C27H35N5O2. The zero-order chi connectivity index (χ0) is 23.8. The number of rotatable bonds is 10.